The van der Waals surface area contributed by atoms with Crippen molar-refractivity contribution in [2.45, 2.75) is 6.92 Å². The van der Waals surface area contributed by atoms with Gasteiger partial charge in [-0.3, -0.25) is 15.6 Å². The lowest BCUT2D eigenvalue weighted by Gasteiger charge is -2.09. The molecule has 108 valence electrons. The third kappa shape index (κ3) is 5.15. The SMILES string of the molecule is CCOc1ccc(/C=C/C(=O)NNC(N)=S)cc1OC. The molecule has 0 aliphatic carbocycles. The van der Waals surface area contributed by atoms with Crippen LogP contribution in [0.4, 0.5) is 0 Å². The highest BCUT2D eigenvalue weighted by molar-refractivity contribution is 7.80. The van der Waals surface area contributed by atoms with Crippen LogP contribution in [0.25, 0.3) is 6.08 Å². The smallest absolute Gasteiger partial charge is 0.262 e. The zero-order chi connectivity index (χ0) is 15.0. The molecule has 0 fully saturated rings. The summed E-state index contributed by atoms with van der Waals surface area (Å²) in [5, 5.41) is -0.00511. The first-order valence-corrected chi connectivity index (χ1v) is 6.32. The monoisotopic (exact) mass is 295 g/mol. The maximum Gasteiger partial charge on any atom is 0.262 e. The van der Waals surface area contributed by atoms with E-state index in [1.54, 1.807) is 25.3 Å². The van der Waals surface area contributed by atoms with Crippen molar-refractivity contribution in [2.75, 3.05) is 13.7 Å². The number of ether oxygens (including phenoxy) is 2. The van der Waals surface area contributed by atoms with Crippen molar-refractivity contribution in [3.05, 3.63) is 29.8 Å². The first-order chi connectivity index (χ1) is 9.56. The fourth-order valence-electron chi connectivity index (χ4n) is 1.40. The minimum absolute atomic E-state index is 0.00511. The average molecular weight is 295 g/mol. The van der Waals surface area contributed by atoms with Crippen molar-refractivity contribution in [3.63, 3.8) is 0 Å². The summed E-state index contributed by atoms with van der Waals surface area (Å²) in [5.74, 6) is 0.896. The van der Waals surface area contributed by atoms with E-state index in [2.05, 4.69) is 23.1 Å². The summed E-state index contributed by atoms with van der Waals surface area (Å²) in [4.78, 5) is 11.4. The molecule has 0 spiro atoms. The van der Waals surface area contributed by atoms with Crippen LogP contribution < -0.4 is 26.1 Å². The quantitative estimate of drug-likeness (QED) is 0.426. The van der Waals surface area contributed by atoms with Crippen molar-refractivity contribution in [2.24, 2.45) is 5.73 Å². The Kier molecular flexibility index (Phi) is 6.31. The van der Waals surface area contributed by atoms with Crippen molar-refractivity contribution in [1.29, 1.82) is 0 Å². The van der Waals surface area contributed by atoms with Gasteiger partial charge in [-0.25, -0.2) is 0 Å². The Labute approximate surface area is 122 Å². The van der Waals surface area contributed by atoms with Gasteiger partial charge in [-0.05, 0) is 42.9 Å². The van der Waals surface area contributed by atoms with Crippen molar-refractivity contribution < 1.29 is 14.3 Å². The molecule has 1 rings (SSSR count). The van der Waals surface area contributed by atoms with Gasteiger partial charge in [0.25, 0.3) is 5.91 Å². The van der Waals surface area contributed by atoms with Gasteiger partial charge in [0.15, 0.2) is 16.6 Å². The maximum atomic E-state index is 11.4. The second kappa shape index (κ2) is 8.00. The fraction of sp³-hybridized carbons (Fsp3) is 0.231. The van der Waals surface area contributed by atoms with E-state index in [0.717, 1.165) is 5.56 Å². The van der Waals surface area contributed by atoms with Crippen LogP contribution >= 0.6 is 12.2 Å². The molecule has 0 atom stereocenters. The number of carbonyl (C=O) groups is 1. The van der Waals surface area contributed by atoms with Crippen LogP contribution in [-0.2, 0) is 4.79 Å². The molecule has 7 heteroatoms. The van der Waals surface area contributed by atoms with E-state index in [4.69, 9.17) is 15.2 Å². The summed E-state index contributed by atoms with van der Waals surface area (Å²) in [6, 6.07) is 5.38. The van der Waals surface area contributed by atoms with Gasteiger partial charge in [0.1, 0.15) is 0 Å². The largest absolute Gasteiger partial charge is 0.493 e. The molecule has 0 aromatic heterocycles. The Morgan fingerprint density at radius 1 is 1.40 bits per heavy atom. The molecule has 0 saturated carbocycles. The number of methoxy groups -OCH3 is 1. The first kappa shape index (κ1) is 15.8. The third-order valence-corrected chi connectivity index (χ3v) is 2.33. The summed E-state index contributed by atoms with van der Waals surface area (Å²) in [6.45, 7) is 2.45. The molecule has 20 heavy (non-hydrogen) atoms. The Morgan fingerprint density at radius 2 is 2.15 bits per heavy atom. The summed E-state index contributed by atoms with van der Waals surface area (Å²) >= 11 is 4.56. The predicted octanol–water partition coefficient (Wildman–Crippen LogP) is 0.971. The van der Waals surface area contributed by atoms with Crippen LogP contribution in [0.5, 0.6) is 11.5 Å². The molecule has 0 aliphatic rings. The van der Waals surface area contributed by atoms with Crippen molar-refractivity contribution in [3.8, 4) is 11.5 Å². The second-order valence-corrected chi connectivity index (χ2v) is 4.09. The number of benzene rings is 1. The lowest BCUT2D eigenvalue weighted by atomic mass is 10.2. The topological polar surface area (TPSA) is 85.6 Å². The van der Waals surface area contributed by atoms with E-state index >= 15 is 0 Å². The highest BCUT2D eigenvalue weighted by atomic mass is 32.1. The predicted molar refractivity (Wildman–Crippen MR) is 81.3 cm³/mol. The molecule has 0 heterocycles. The van der Waals surface area contributed by atoms with Crippen molar-refractivity contribution in [1.82, 2.24) is 10.9 Å². The Morgan fingerprint density at radius 3 is 2.75 bits per heavy atom. The zero-order valence-electron chi connectivity index (χ0n) is 11.3. The van der Waals surface area contributed by atoms with Crippen LogP contribution in [0, 0.1) is 0 Å². The molecular formula is C13H17N3O3S. The summed E-state index contributed by atoms with van der Waals surface area (Å²) < 4.78 is 10.6. The molecule has 0 radical (unpaired) electrons. The highest BCUT2D eigenvalue weighted by Gasteiger charge is 2.04. The number of nitrogens with one attached hydrogen (secondary N) is 2. The molecule has 1 aromatic rings. The lowest BCUT2D eigenvalue weighted by molar-refractivity contribution is -0.116. The van der Waals surface area contributed by atoms with E-state index < -0.39 is 0 Å². The highest BCUT2D eigenvalue weighted by Crippen LogP contribution is 2.28. The summed E-state index contributed by atoms with van der Waals surface area (Å²) in [5.41, 5.74) is 10.6. The number of rotatable bonds is 5. The number of hydrogen-bond acceptors (Lipinski definition) is 4. The van der Waals surface area contributed by atoms with Crippen LogP contribution in [0.1, 0.15) is 12.5 Å². The van der Waals surface area contributed by atoms with Crippen molar-refractivity contribution >= 4 is 29.3 Å². The summed E-state index contributed by atoms with van der Waals surface area (Å²) in [6.07, 6.45) is 2.98. The van der Waals surface area contributed by atoms with Crippen LogP contribution in [0.15, 0.2) is 24.3 Å². The number of hydrogen-bond donors (Lipinski definition) is 3. The Bertz CT molecular complexity index is 518. The fourth-order valence-corrected chi connectivity index (χ4v) is 1.45. The van der Waals surface area contributed by atoms with E-state index in [9.17, 15) is 4.79 Å². The van der Waals surface area contributed by atoms with Gasteiger partial charge in [0.05, 0.1) is 13.7 Å². The maximum absolute atomic E-state index is 11.4. The summed E-state index contributed by atoms with van der Waals surface area (Å²) in [7, 11) is 1.56. The van der Waals surface area contributed by atoms with Crippen LogP contribution in [0.3, 0.4) is 0 Å². The van der Waals surface area contributed by atoms with Gasteiger partial charge in [-0.1, -0.05) is 6.07 Å². The molecule has 0 bridgehead atoms. The molecule has 0 saturated heterocycles. The zero-order valence-corrected chi connectivity index (χ0v) is 12.1. The molecule has 4 N–H and O–H groups in total. The molecule has 1 amide bonds. The second-order valence-electron chi connectivity index (χ2n) is 3.66. The average Bonchev–Trinajstić information content (AvgIpc) is 2.44. The van der Waals surface area contributed by atoms with Crippen LogP contribution in [-0.4, -0.2) is 24.7 Å². The molecule has 0 aliphatic heterocycles. The number of thiocarbonyl (C=S) groups is 1. The lowest BCUT2D eigenvalue weighted by Crippen LogP contribution is -2.43. The Hall–Kier alpha value is -2.28. The van der Waals surface area contributed by atoms with E-state index in [0.29, 0.717) is 18.1 Å². The van der Waals surface area contributed by atoms with E-state index in [-0.39, 0.29) is 11.0 Å². The number of hydrazine groups is 1. The first-order valence-electron chi connectivity index (χ1n) is 5.91. The molecule has 1 aromatic carbocycles. The van der Waals surface area contributed by atoms with Gasteiger partial charge in [-0.2, -0.15) is 0 Å². The van der Waals surface area contributed by atoms with Gasteiger partial charge in [-0.15, -0.1) is 0 Å². The van der Waals surface area contributed by atoms with Gasteiger partial charge in [0, 0.05) is 6.08 Å². The van der Waals surface area contributed by atoms with Gasteiger partial charge in [0.2, 0.25) is 0 Å². The standard InChI is InChI=1S/C13H17N3O3S/c1-3-19-10-6-4-9(8-11(10)18-2)5-7-12(17)15-16-13(14)20/h4-8H,3H2,1-2H3,(H,15,17)(H3,14,16,20)/b7-5+. The third-order valence-electron chi connectivity index (χ3n) is 2.22. The minimum atomic E-state index is -0.370. The van der Waals surface area contributed by atoms with E-state index in [1.165, 1.54) is 6.08 Å². The minimum Gasteiger partial charge on any atom is -0.493 e. The molecular weight excluding hydrogens is 278 g/mol. The van der Waals surface area contributed by atoms with Gasteiger partial charge < -0.3 is 15.2 Å². The Balaban J connectivity index is 2.72. The number of carbonyl (C=O) groups excluding carboxylic acids is 1. The van der Waals surface area contributed by atoms with Crippen LogP contribution in [0.2, 0.25) is 0 Å². The number of amides is 1. The number of nitrogens with two attached hydrogens (primary N) is 1. The van der Waals surface area contributed by atoms with E-state index in [1.807, 2.05) is 13.0 Å². The molecule has 6 nitrogen and oxygen atoms in total. The normalized spacial score (nSPS) is 10.1. The van der Waals surface area contributed by atoms with Gasteiger partial charge >= 0.3 is 0 Å². The molecule has 0 unspecified atom stereocenters.